The SMILES string of the molecule is C=CCS(=O)(=O)n1ccc2c(N3CCN(Cc4ccccc4)CC3)cccc21. The van der Waals surface area contributed by atoms with Crippen molar-refractivity contribution in [3.8, 4) is 0 Å². The number of nitrogens with zero attached hydrogens (tertiary/aromatic N) is 3. The van der Waals surface area contributed by atoms with Crippen LogP contribution in [0.5, 0.6) is 0 Å². The molecule has 146 valence electrons. The van der Waals surface area contributed by atoms with E-state index in [1.807, 2.05) is 24.3 Å². The highest BCUT2D eigenvalue weighted by Crippen LogP contribution is 2.29. The zero-order valence-electron chi connectivity index (χ0n) is 15.9. The Kier molecular flexibility index (Phi) is 5.24. The van der Waals surface area contributed by atoms with Gasteiger partial charge in [-0.2, -0.15) is 0 Å². The van der Waals surface area contributed by atoms with Crippen LogP contribution in [0.15, 0.2) is 73.4 Å². The van der Waals surface area contributed by atoms with Crippen LogP contribution in [0.2, 0.25) is 0 Å². The van der Waals surface area contributed by atoms with Gasteiger partial charge in [-0.05, 0) is 23.8 Å². The van der Waals surface area contributed by atoms with Crippen LogP contribution < -0.4 is 4.90 Å². The number of hydrogen-bond acceptors (Lipinski definition) is 4. The lowest BCUT2D eigenvalue weighted by Crippen LogP contribution is -2.46. The summed E-state index contributed by atoms with van der Waals surface area (Å²) in [7, 11) is -3.41. The maximum atomic E-state index is 12.5. The largest absolute Gasteiger partial charge is 0.368 e. The Bertz CT molecular complexity index is 1070. The Morgan fingerprint density at radius 1 is 0.929 bits per heavy atom. The summed E-state index contributed by atoms with van der Waals surface area (Å²) in [5, 5.41) is 0.978. The molecule has 0 bridgehead atoms. The summed E-state index contributed by atoms with van der Waals surface area (Å²) in [5.74, 6) is -0.0703. The van der Waals surface area contributed by atoms with Crippen molar-refractivity contribution in [2.45, 2.75) is 6.54 Å². The fraction of sp³-hybridized carbons (Fsp3) is 0.273. The number of rotatable bonds is 6. The van der Waals surface area contributed by atoms with Gasteiger partial charge in [-0.15, -0.1) is 6.58 Å². The smallest absolute Gasteiger partial charge is 0.242 e. The van der Waals surface area contributed by atoms with Crippen molar-refractivity contribution in [2.24, 2.45) is 0 Å². The molecular formula is C22H25N3O2S. The van der Waals surface area contributed by atoms with E-state index >= 15 is 0 Å². The molecule has 0 unspecified atom stereocenters. The summed E-state index contributed by atoms with van der Waals surface area (Å²) in [4.78, 5) is 4.82. The lowest BCUT2D eigenvalue weighted by atomic mass is 10.1. The summed E-state index contributed by atoms with van der Waals surface area (Å²) in [5.41, 5.74) is 3.16. The summed E-state index contributed by atoms with van der Waals surface area (Å²) in [6.45, 7) is 8.35. The van der Waals surface area contributed by atoms with Crippen molar-refractivity contribution in [3.05, 3.63) is 79.0 Å². The van der Waals surface area contributed by atoms with E-state index in [4.69, 9.17) is 0 Å². The highest BCUT2D eigenvalue weighted by molar-refractivity contribution is 7.90. The molecule has 0 spiro atoms. The second-order valence-electron chi connectivity index (χ2n) is 7.14. The average molecular weight is 396 g/mol. The van der Waals surface area contributed by atoms with Gasteiger partial charge in [-0.3, -0.25) is 4.90 Å². The second-order valence-corrected chi connectivity index (χ2v) is 9.03. The first-order valence-electron chi connectivity index (χ1n) is 9.54. The van der Waals surface area contributed by atoms with Crippen molar-refractivity contribution in [1.82, 2.24) is 8.87 Å². The Labute approximate surface area is 166 Å². The van der Waals surface area contributed by atoms with Crippen molar-refractivity contribution in [1.29, 1.82) is 0 Å². The van der Waals surface area contributed by atoms with E-state index in [0.717, 1.165) is 49.3 Å². The molecule has 5 nitrogen and oxygen atoms in total. The van der Waals surface area contributed by atoms with Gasteiger partial charge in [-0.25, -0.2) is 12.4 Å². The van der Waals surface area contributed by atoms with Crippen LogP contribution in [0, 0.1) is 0 Å². The standard InChI is InChI=1S/C22H25N3O2S/c1-2-17-28(26,27)25-12-11-20-21(9-6-10-22(20)25)24-15-13-23(14-16-24)18-19-7-4-3-5-8-19/h2-12H,1,13-18H2. The van der Waals surface area contributed by atoms with Crippen molar-refractivity contribution in [2.75, 3.05) is 36.8 Å². The Morgan fingerprint density at radius 3 is 2.39 bits per heavy atom. The number of fused-ring (bicyclic) bond motifs is 1. The van der Waals surface area contributed by atoms with Gasteiger partial charge in [0.05, 0.1) is 11.3 Å². The Morgan fingerprint density at radius 2 is 1.68 bits per heavy atom. The zero-order chi connectivity index (χ0) is 19.6. The molecule has 3 aromatic rings. The molecule has 6 heteroatoms. The molecule has 1 aromatic heterocycles. The molecule has 1 saturated heterocycles. The van der Waals surface area contributed by atoms with E-state index in [0.29, 0.717) is 0 Å². The quantitative estimate of drug-likeness (QED) is 0.601. The summed E-state index contributed by atoms with van der Waals surface area (Å²) >= 11 is 0. The zero-order valence-corrected chi connectivity index (χ0v) is 16.7. The topological polar surface area (TPSA) is 45.6 Å². The summed E-state index contributed by atoms with van der Waals surface area (Å²) < 4.78 is 26.3. The minimum Gasteiger partial charge on any atom is -0.368 e. The van der Waals surface area contributed by atoms with Crippen LogP contribution in [0.1, 0.15) is 5.56 Å². The lowest BCUT2D eigenvalue weighted by Gasteiger charge is -2.36. The Balaban J connectivity index is 1.53. The third kappa shape index (κ3) is 3.70. The second kappa shape index (κ2) is 7.81. The van der Waals surface area contributed by atoms with E-state index in [1.165, 1.54) is 15.6 Å². The molecular weight excluding hydrogens is 370 g/mol. The van der Waals surface area contributed by atoms with Crippen LogP contribution in [-0.2, 0) is 16.6 Å². The summed E-state index contributed by atoms with van der Waals surface area (Å²) in [6.07, 6.45) is 3.08. The van der Waals surface area contributed by atoms with Crippen molar-refractivity contribution in [3.63, 3.8) is 0 Å². The first-order chi connectivity index (χ1) is 13.6. The van der Waals surface area contributed by atoms with Gasteiger partial charge in [0, 0.05) is 50.0 Å². The van der Waals surface area contributed by atoms with Gasteiger partial charge in [0.25, 0.3) is 0 Å². The van der Waals surface area contributed by atoms with E-state index in [-0.39, 0.29) is 5.75 Å². The minimum atomic E-state index is -3.41. The third-order valence-corrected chi connectivity index (χ3v) is 6.84. The molecule has 0 N–H and O–H groups in total. The van der Waals surface area contributed by atoms with Crippen LogP contribution in [-0.4, -0.2) is 49.2 Å². The van der Waals surface area contributed by atoms with Crippen LogP contribution in [0.4, 0.5) is 5.69 Å². The van der Waals surface area contributed by atoms with Crippen molar-refractivity contribution < 1.29 is 8.42 Å². The maximum Gasteiger partial charge on any atom is 0.242 e. The third-order valence-electron chi connectivity index (χ3n) is 5.26. The molecule has 28 heavy (non-hydrogen) atoms. The van der Waals surface area contributed by atoms with E-state index in [2.05, 4.69) is 46.7 Å². The molecule has 1 fully saturated rings. The summed E-state index contributed by atoms with van der Waals surface area (Å²) in [6, 6.07) is 18.3. The normalized spacial score (nSPS) is 15.8. The van der Waals surface area contributed by atoms with Gasteiger partial charge in [0.15, 0.2) is 0 Å². The molecule has 0 atom stereocenters. The molecule has 4 rings (SSSR count). The number of aromatic nitrogens is 1. The first kappa shape index (κ1) is 18.8. The predicted molar refractivity (Wildman–Crippen MR) is 115 cm³/mol. The van der Waals surface area contributed by atoms with E-state index in [9.17, 15) is 8.42 Å². The molecule has 0 saturated carbocycles. The highest BCUT2D eigenvalue weighted by atomic mass is 32.2. The van der Waals surface area contributed by atoms with E-state index < -0.39 is 10.0 Å². The number of anilines is 1. The van der Waals surface area contributed by atoms with Crippen LogP contribution >= 0.6 is 0 Å². The number of hydrogen-bond donors (Lipinski definition) is 0. The average Bonchev–Trinajstić information content (AvgIpc) is 3.15. The monoisotopic (exact) mass is 395 g/mol. The maximum absolute atomic E-state index is 12.5. The van der Waals surface area contributed by atoms with Crippen LogP contribution in [0.3, 0.4) is 0 Å². The van der Waals surface area contributed by atoms with Gasteiger partial charge >= 0.3 is 0 Å². The van der Waals surface area contributed by atoms with Gasteiger partial charge in [-0.1, -0.05) is 42.5 Å². The molecule has 0 radical (unpaired) electrons. The highest BCUT2D eigenvalue weighted by Gasteiger charge is 2.21. The van der Waals surface area contributed by atoms with Crippen molar-refractivity contribution >= 4 is 26.6 Å². The van der Waals surface area contributed by atoms with Crippen LogP contribution in [0.25, 0.3) is 10.9 Å². The molecule has 2 aromatic carbocycles. The van der Waals surface area contributed by atoms with E-state index in [1.54, 1.807) is 6.20 Å². The fourth-order valence-corrected chi connectivity index (χ4v) is 5.03. The molecule has 0 amide bonds. The van der Waals surface area contributed by atoms with Gasteiger partial charge < -0.3 is 4.90 Å². The van der Waals surface area contributed by atoms with Gasteiger partial charge in [0.2, 0.25) is 10.0 Å². The molecule has 0 aliphatic carbocycles. The van der Waals surface area contributed by atoms with Gasteiger partial charge in [0.1, 0.15) is 0 Å². The first-order valence-corrected chi connectivity index (χ1v) is 11.1. The Hall–Kier alpha value is -2.57. The fourth-order valence-electron chi connectivity index (χ4n) is 3.86. The molecule has 1 aliphatic heterocycles. The molecule has 2 heterocycles. The molecule has 1 aliphatic rings. The number of piperazine rings is 1. The minimum absolute atomic E-state index is 0.0703. The predicted octanol–water partition coefficient (Wildman–Crippen LogP) is 3.33. The lowest BCUT2D eigenvalue weighted by molar-refractivity contribution is 0.250. The number of benzene rings is 2.